The van der Waals surface area contributed by atoms with Crippen LogP contribution in [0.5, 0.6) is 0 Å². The van der Waals surface area contributed by atoms with Crippen molar-refractivity contribution in [1.82, 2.24) is 0 Å². The molecular weight excluding hydrogens is 138 g/mol. The van der Waals surface area contributed by atoms with Crippen molar-refractivity contribution in [2.75, 3.05) is 0 Å². The Balaban J connectivity index is 2.17. The highest BCUT2D eigenvalue weighted by atomic mass is 16.3. The van der Waals surface area contributed by atoms with Crippen molar-refractivity contribution < 1.29 is 5.11 Å². The molecule has 0 heterocycles. The molecule has 0 amide bonds. The highest BCUT2D eigenvalue weighted by Crippen LogP contribution is 2.58. The standard InChI is InChI=1S/C9H17NO/c1-9(2)5-3-6(9)8(11)7(10)4-5/h5-8,11H,3-4,10H2,1-2H3. The monoisotopic (exact) mass is 155 g/mol. The maximum Gasteiger partial charge on any atom is 0.0724 e. The van der Waals surface area contributed by atoms with Gasteiger partial charge in [0.05, 0.1) is 6.10 Å². The van der Waals surface area contributed by atoms with Crippen LogP contribution < -0.4 is 5.73 Å². The third-order valence-corrected chi connectivity index (χ3v) is 3.95. The fraction of sp³-hybridized carbons (Fsp3) is 1.00. The fourth-order valence-corrected chi connectivity index (χ4v) is 2.80. The molecule has 0 radical (unpaired) electrons. The van der Waals surface area contributed by atoms with Gasteiger partial charge in [0.2, 0.25) is 0 Å². The number of rotatable bonds is 0. The maximum atomic E-state index is 9.69. The molecule has 3 aliphatic carbocycles. The van der Waals surface area contributed by atoms with Gasteiger partial charge in [0.1, 0.15) is 0 Å². The number of aliphatic hydroxyl groups excluding tert-OH is 1. The Morgan fingerprint density at radius 2 is 2.00 bits per heavy atom. The highest BCUT2D eigenvalue weighted by molar-refractivity contribution is 5.07. The van der Waals surface area contributed by atoms with E-state index in [1.165, 1.54) is 6.42 Å². The van der Waals surface area contributed by atoms with Crippen LogP contribution in [0.3, 0.4) is 0 Å². The van der Waals surface area contributed by atoms with E-state index in [-0.39, 0.29) is 12.1 Å². The topological polar surface area (TPSA) is 46.2 Å². The fourth-order valence-electron chi connectivity index (χ4n) is 2.80. The first-order valence-corrected chi connectivity index (χ1v) is 4.47. The van der Waals surface area contributed by atoms with E-state index in [0.29, 0.717) is 11.3 Å². The molecule has 4 unspecified atom stereocenters. The van der Waals surface area contributed by atoms with E-state index >= 15 is 0 Å². The van der Waals surface area contributed by atoms with Crippen LogP contribution >= 0.6 is 0 Å². The van der Waals surface area contributed by atoms with Crippen molar-refractivity contribution in [2.24, 2.45) is 23.0 Å². The second-order valence-electron chi connectivity index (χ2n) is 4.75. The van der Waals surface area contributed by atoms with E-state index in [0.717, 1.165) is 12.3 Å². The number of hydrogen-bond acceptors (Lipinski definition) is 2. The molecule has 2 bridgehead atoms. The number of nitrogens with two attached hydrogens (primary N) is 1. The van der Waals surface area contributed by atoms with Crippen LogP contribution in [0.15, 0.2) is 0 Å². The van der Waals surface area contributed by atoms with Crippen molar-refractivity contribution in [2.45, 2.75) is 38.8 Å². The van der Waals surface area contributed by atoms with E-state index in [2.05, 4.69) is 13.8 Å². The summed E-state index contributed by atoms with van der Waals surface area (Å²) < 4.78 is 0. The minimum Gasteiger partial charge on any atom is -0.391 e. The lowest BCUT2D eigenvalue weighted by molar-refractivity contribution is -0.149. The predicted octanol–water partition coefficient (Wildman–Crippen LogP) is 0.741. The van der Waals surface area contributed by atoms with E-state index < -0.39 is 0 Å². The lowest BCUT2D eigenvalue weighted by Gasteiger charge is -2.60. The molecule has 0 aromatic carbocycles. The molecule has 3 fully saturated rings. The minimum absolute atomic E-state index is 0.0479. The van der Waals surface area contributed by atoms with E-state index in [4.69, 9.17) is 5.73 Å². The van der Waals surface area contributed by atoms with Crippen molar-refractivity contribution in [1.29, 1.82) is 0 Å². The highest BCUT2D eigenvalue weighted by Gasteiger charge is 2.56. The maximum absolute atomic E-state index is 9.69. The number of aliphatic hydroxyl groups is 1. The second kappa shape index (κ2) is 1.99. The van der Waals surface area contributed by atoms with Crippen LogP contribution in [-0.4, -0.2) is 17.3 Å². The van der Waals surface area contributed by atoms with E-state index in [9.17, 15) is 5.11 Å². The Morgan fingerprint density at radius 1 is 1.36 bits per heavy atom. The van der Waals surface area contributed by atoms with Crippen molar-refractivity contribution in [3.8, 4) is 0 Å². The summed E-state index contributed by atoms with van der Waals surface area (Å²) in [5, 5.41) is 9.69. The van der Waals surface area contributed by atoms with Gasteiger partial charge in [-0.3, -0.25) is 0 Å². The molecule has 3 aliphatic rings. The molecule has 2 nitrogen and oxygen atoms in total. The molecule has 0 spiro atoms. The van der Waals surface area contributed by atoms with Crippen molar-refractivity contribution in [3.05, 3.63) is 0 Å². The lowest BCUT2D eigenvalue weighted by atomic mass is 9.47. The lowest BCUT2D eigenvalue weighted by Crippen LogP contribution is -2.62. The first-order valence-electron chi connectivity index (χ1n) is 4.47. The van der Waals surface area contributed by atoms with Gasteiger partial charge >= 0.3 is 0 Å². The summed E-state index contributed by atoms with van der Waals surface area (Å²) in [6.45, 7) is 4.50. The van der Waals surface area contributed by atoms with Crippen LogP contribution in [0.25, 0.3) is 0 Å². The van der Waals surface area contributed by atoms with Crippen molar-refractivity contribution in [3.63, 3.8) is 0 Å². The average Bonchev–Trinajstić information content (AvgIpc) is 1.93. The molecular formula is C9H17NO. The Bertz CT molecular complexity index is 178. The Morgan fingerprint density at radius 3 is 2.36 bits per heavy atom. The normalized spacial score (nSPS) is 53.5. The second-order valence-corrected chi connectivity index (χ2v) is 4.75. The van der Waals surface area contributed by atoms with Crippen LogP contribution in [-0.2, 0) is 0 Å². The zero-order valence-electron chi connectivity index (χ0n) is 7.25. The van der Waals surface area contributed by atoms with Crippen LogP contribution in [0.4, 0.5) is 0 Å². The van der Waals surface area contributed by atoms with Crippen LogP contribution in [0.2, 0.25) is 0 Å². The largest absolute Gasteiger partial charge is 0.391 e. The molecule has 11 heavy (non-hydrogen) atoms. The third kappa shape index (κ3) is 0.798. The minimum atomic E-state index is -0.241. The molecule has 0 aromatic heterocycles. The SMILES string of the molecule is CC1(C)C2CC(N)C(O)C1C2. The molecule has 3 N–H and O–H groups in total. The van der Waals surface area contributed by atoms with E-state index in [1.807, 2.05) is 0 Å². The summed E-state index contributed by atoms with van der Waals surface area (Å²) in [7, 11) is 0. The Labute approximate surface area is 67.8 Å². The first-order chi connectivity index (χ1) is 5.03. The summed E-state index contributed by atoms with van der Waals surface area (Å²) in [6.07, 6.45) is 1.97. The number of fused-ring (bicyclic) bond motifs is 2. The van der Waals surface area contributed by atoms with Crippen LogP contribution in [0.1, 0.15) is 26.7 Å². The Kier molecular flexibility index (Phi) is 1.37. The van der Waals surface area contributed by atoms with Gasteiger partial charge in [-0.15, -0.1) is 0 Å². The molecule has 4 atom stereocenters. The molecule has 3 rings (SSSR count). The van der Waals surface area contributed by atoms with Gasteiger partial charge in [-0.1, -0.05) is 13.8 Å². The summed E-state index contributed by atoms with van der Waals surface area (Å²) in [5.41, 5.74) is 6.13. The zero-order chi connectivity index (χ0) is 8.22. The quantitative estimate of drug-likeness (QED) is 0.542. The third-order valence-electron chi connectivity index (χ3n) is 3.95. The molecule has 64 valence electrons. The van der Waals surface area contributed by atoms with E-state index in [1.54, 1.807) is 0 Å². The number of hydrogen-bond donors (Lipinski definition) is 2. The Hall–Kier alpha value is -0.0800. The predicted molar refractivity (Wildman–Crippen MR) is 44.0 cm³/mol. The van der Waals surface area contributed by atoms with Gasteiger partial charge < -0.3 is 10.8 Å². The van der Waals surface area contributed by atoms with Gasteiger partial charge in [0.25, 0.3) is 0 Å². The summed E-state index contributed by atoms with van der Waals surface area (Å²) in [4.78, 5) is 0. The smallest absolute Gasteiger partial charge is 0.0724 e. The summed E-state index contributed by atoms with van der Waals surface area (Å²) >= 11 is 0. The average molecular weight is 155 g/mol. The first kappa shape index (κ1) is 7.56. The molecule has 0 aromatic rings. The van der Waals surface area contributed by atoms with Gasteiger partial charge in [0, 0.05) is 6.04 Å². The van der Waals surface area contributed by atoms with Gasteiger partial charge in [-0.2, -0.15) is 0 Å². The van der Waals surface area contributed by atoms with Crippen molar-refractivity contribution >= 4 is 0 Å². The van der Waals surface area contributed by atoms with Gasteiger partial charge in [-0.25, -0.2) is 0 Å². The summed E-state index contributed by atoms with van der Waals surface area (Å²) in [6, 6.07) is 0.0479. The molecule has 2 heteroatoms. The molecule has 0 saturated heterocycles. The summed E-state index contributed by atoms with van der Waals surface area (Å²) in [5.74, 6) is 1.24. The zero-order valence-corrected chi connectivity index (χ0v) is 7.25. The van der Waals surface area contributed by atoms with Crippen LogP contribution in [0, 0.1) is 17.3 Å². The molecule has 0 aliphatic heterocycles. The molecule has 3 saturated carbocycles. The van der Waals surface area contributed by atoms with Gasteiger partial charge in [0.15, 0.2) is 0 Å². The van der Waals surface area contributed by atoms with Gasteiger partial charge in [-0.05, 0) is 30.1 Å².